The van der Waals surface area contributed by atoms with E-state index in [9.17, 15) is 9.59 Å². The molecule has 0 aliphatic carbocycles. The first-order chi connectivity index (χ1) is 17.2. The summed E-state index contributed by atoms with van der Waals surface area (Å²) in [6.45, 7) is 11.0. The molecule has 4 heterocycles. The van der Waals surface area contributed by atoms with Crippen molar-refractivity contribution >= 4 is 45.7 Å². The van der Waals surface area contributed by atoms with Gasteiger partial charge in [0.05, 0.1) is 34.2 Å². The molecule has 0 spiro atoms. The maximum absolute atomic E-state index is 13.0. The summed E-state index contributed by atoms with van der Waals surface area (Å²) >= 11 is 3.23. The molecule has 3 aromatic heterocycles. The minimum atomic E-state index is -0.322. The molecule has 2 amide bonds. The lowest BCUT2D eigenvalue weighted by Gasteiger charge is -2.33. The van der Waals surface area contributed by atoms with E-state index in [-0.39, 0.29) is 23.3 Å². The van der Waals surface area contributed by atoms with Crippen molar-refractivity contribution in [3.05, 3.63) is 60.7 Å². The van der Waals surface area contributed by atoms with Gasteiger partial charge in [0.2, 0.25) is 11.8 Å². The van der Waals surface area contributed by atoms with Gasteiger partial charge in [-0.1, -0.05) is 38.7 Å². The number of hydrogen-bond donors (Lipinski definition) is 2. The molecule has 0 radical (unpaired) electrons. The number of nitrogens with zero attached hydrogens (tertiary/aromatic N) is 4. The topological polar surface area (TPSA) is 113 Å². The third kappa shape index (κ3) is 6.73. The fourth-order valence-electron chi connectivity index (χ4n) is 3.65. The predicted molar refractivity (Wildman–Crippen MR) is 142 cm³/mol. The van der Waals surface area contributed by atoms with Crippen molar-refractivity contribution in [2.24, 2.45) is 0 Å². The Morgan fingerprint density at radius 3 is 2.78 bits per heavy atom. The second-order valence-corrected chi connectivity index (χ2v) is 11.8. The Balaban J connectivity index is 1.29. The van der Waals surface area contributed by atoms with E-state index in [1.807, 2.05) is 11.1 Å². The predicted octanol–water partition coefficient (Wildman–Crippen LogP) is 4.96. The summed E-state index contributed by atoms with van der Waals surface area (Å²) in [6, 6.07) is 3.40. The molecule has 1 aliphatic rings. The molecule has 190 valence electrons. The molecule has 0 aromatic carbocycles. The number of carbonyl (C=O) groups is 2. The summed E-state index contributed by atoms with van der Waals surface area (Å²) in [6.07, 6.45) is 8.17. The minimum Gasteiger partial charge on any atom is -0.444 e. The third-order valence-corrected chi connectivity index (χ3v) is 7.69. The van der Waals surface area contributed by atoms with Gasteiger partial charge in [-0.25, -0.2) is 15.0 Å². The van der Waals surface area contributed by atoms with Crippen LogP contribution >= 0.6 is 23.1 Å². The molecule has 1 unspecified atom stereocenters. The van der Waals surface area contributed by atoms with Crippen LogP contribution in [0.1, 0.15) is 55.8 Å². The summed E-state index contributed by atoms with van der Waals surface area (Å²) in [5, 5.41) is 6.94. The largest absolute Gasteiger partial charge is 0.444 e. The maximum Gasteiger partial charge on any atom is 0.272 e. The summed E-state index contributed by atoms with van der Waals surface area (Å²) in [7, 11) is 0. The standard InChI is InChI=1S/C25H30N6O3S2/c1-5-20(32)29-16-8-9-18(26-11-16)23(33)31-10-6-7-17(14-31)30-24-28-13-22(36-24)35-15-21-27-12-19(34-21)25(2,3)4/h5,8-9,11-13,17H,1,6-7,10,14-15H2,2-4H3,(H,28,30)(H,29,32). The lowest BCUT2D eigenvalue weighted by Crippen LogP contribution is -2.45. The zero-order chi connectivity index (χ0) is 25.7. The number of pyridine rings is 1. The van der Waals surface area contributed by atoms with Crippen molar-refractivity contribution in [3.63, 3.8) is 0 Å². The molecule has 1 saturated heterocycles. The molecule has 0 bridgehead atoms. The highest BCUT2D eigenvalue weighted by molar-refractivity contribution is 8.00. The van der Waals surface area contributed by atoms with E-state index in [4.69, 9.17) is 4.42 Å². The molecule has 4 rings (SSSR count). The van der Waals surface area contributed by atoms with Gasteiger partial charge in [0.15, 0.2) is 5.13 Å². The molecule has 0 saturated carbocycles. The first kappa shape index (κ1) is 25.9. The molecule has 9 nitrogen and oxygen atoms in total. The lowest BCUT2D eigenvalue weighted by molar-refractivity contribution is -0.111. The number of oxazole rings is 1. The molecule has 1 atom stereocenters. The summed E-state index contributed by atoms with van der Waals surface area (Å²) in [4.78, 5) is 39.3. The average Bonchev–Trinajstić information content (AvgIpc) is 3.52. The summed E-state index contributed by atoms with van der Waals surface area (Å²) in [5.41, 5.74) is 0.806. The Labute approximate surface area is 218 Å². The second-order valence-electron chi connectivity index (χ2n) is 9.50. The fraction of sp³-hybridized carbons (Fsp3) is 0.400. The zero-order valence-electron chi connectivity index (χ0n) is 20.6. The molecule has 2 N–H and O–H groups in total. The van der Waals surface area contributed by atoms with Crippen molar-refractivity contribution in [1.29, 1.82) is 0 Å². The highest BCUT2D eigenvalue weighted by Crippen LogP contribution is 2.32. The van der Waals surface area contributed by atoms with Crippen LogP contribution in [0.4, 0.5) is 10.8 Å². The Bertz CT molecular complexity index is 1220. The number of nitrogens with one attached hydrogen (secondary N) is 2. The highest BCUT2D eigenvalue weighted by Gasteiger charge is 2.26. The first-order valence-corrected chi connectivity index (χ1v) is 13.5. The molecule has 1 aliphatic heterocycles. The molecule has 3 aromatic rings. The fourth-order valence-corrected chi connectivity index (χ4v) is 5.46. The summed E-state index contributed by atoms with van der Waals surface area (Å²) < 4.78 is 6.94. The van der Waals surface area contributed by atoms with E-state index in [0.717, 1.165) is 27.9 Å². The van der Waals surface area contributed by atoms with Gasteiger partial charge in [-0.15, -0.1) is 11.8 Å². The second kappa shape index (κ2) is 11.3. The van der Waals surface area contributed by atoms with Crippen LogP contribution in [0.25, 0.3) is 0 Å². The Hall–Kier alpha value is -3.18. The van der Waals surface area contributed by atoms with Crippen LogP contribution < -0.4 is 10.6 Å². The third-order valence-electron chi connectivity index (χ3n) is 5.59. The number of thiazole rings is 1. The molecule has 11 heteroatoms. The molecular formula is C25H30N6O3S2. The molecule has 36 heavy (non-hydrogen) atoms. The van der Waals surface area contributed by atoms with Gasteiger partial charge in [-0.2, -0.15) is 0 Å². The van der Waals surface area contributed by atoms with Gasteiger partial charge in [-0.05, 0) is 31.1 Å². The Morgan fingerprint density at radius 2 is 2.08 bits per heavy atom. The Morgan fingerprint density at radius 1 is 1.25 bits per heavy atom. The van der Waals surface area contributed by atoms with Gasteiger partial charge in [0.1, 0.15) is 11.5 Å². The monoisotopic (exact) mass is 526 g/mol. The van der Waals surface area contributed by atoms with E-state index in [0.29, 0.717) is 36.1 Å². The van der Waals surface area contributed by atoms with Crippen LogP contribution in [-0.2, 0) is 16.0 Å². The number of anilines is 2. The van der Waals surface area contributed by atoms with Gasteiger partial charge in [-0.3, -0.25) is 9.59 Å². The van der Waals surface area contributed by atoms with Crippen molar-refractivity contribution in [3.8, 4) is 0 Å². The first-order valence-electron chi connectivity index (χ1n) is 11.7. The number of likely N-dealkylation sites (tertiary alicyclic amines) is 1. The number of hydrogen-bond acceptors (Lipinski definition) is 9. The van der Waals surface area contributed by atoms with E-state index < -0.39 is 0 Å². The van der Waals surface area contributed by atoms with Gasteiger partial charge >= 0.3 is 0 Å². The Kier molecular flexibility index (Phi) is 8.10. The van der Waals surface area contributed by atoms with Crippen molar-refractivity contribution < 1.29 is 14.0 Å². The number of amides is 2. The van der Waals surface area contributed by atoms with Crippen LogP contribution in [0.3, 0.4) is 0 Å². The van der Waals surface area contributed by atoms with Crippen molar-refractivity contribution in [2.45, 2.75) is 55.0 Å². The highest BCUT2D eigenvalue weighted by atomic mass is 32.2. The van der Waals surface area contributed by atoms with Crippen LogP contribution in [0.2, 0.25) is 0 Å². The maximum atomic E-state index is 13.0. The minimum absolute atomic E-state index is 0.0602. The number of thioether (sulfide) groups is 1. The van der Waals surface area contributed by atoms with Crippen LogP contribution in [0.5, 0.6) is 0 Å². The van der Waals surface area contributed by atoms with Crippen LogP contribution in [0, 0.1) is 0 Å². The van der Waals surface area contributed by atoms with E-state index in [1.54, 1.807) is 41.4 Å². The van der Waals surface area contributed by atoms with E-state index in [2.05, 4.69) is 52.9 Å². The number of aromatic nitrogens is 3. The average molecular weight is 527 g/mol. The molecule has 1 fully saturated rings. The van der Waals surface area contributed by atoms with Crippen LogP contribution in [-0.4, -0.2) is 50.8 Å². The number of rotatable bonds is 8. The van der Waals surface area contributed by atoms with Gasteiger partial charge in [0.25, 0.3) is 5.91 Å². The SMILES string of the molecule is C=CC(=O)Nc1ccc(C(=O)N2CCCC(Nc3ncc(SCc4ncc(C(C)(C)C)o4)s3)C2)nc1. The van der Waals surface area contributed by atoms with E-state index in [1.165, 1.54) is 12.3 Å². The van der Waals surface area contributed by atoms with E-state index >= 15 is 0 Å². The smallest absolute Gasteiger partial charge is 0.272 e. The number of carbonyl (C=O) groups excluding carboxylic acids is 2. The normalized spacial score (nSPS) is 16.0. The lowest BCUT2D eigenvalue weighted by atomic mass is 9.94. The van der Waals surface area contributed by atoms with Gasteiger partial charge in [0, 0.05) is 24.5 Å². The van der Waals surface area contributed by atoms with Crippen LogP contribution in [0.15, 0.2) is 52.0 Å². The zero-order valence-corrected chi connectivity index (χ0v) is 22.2. The molecular weight excluding hydrogens is 496 g/mol. The number of piperidine rings is 1. The quantitative estimate of drug-likeness (QED) is 0.313. The van der Waals surface area contributed by atoms with Crippen molar-refractivity contribution in [2.75, 3.05) is 23.7 Å². The summed E-state index contributed by atoms with van der Waals surface area (Å²) in [5.74, 6) is 1.79. The van der Waals surface area contributed by atoms with Crippen molar-refractivity contribution in [1.82, 2.24) is 19.9 Å². The van der Waals surface area contributed by atoms with Gasteiger partial charge < -0.3 is 20.0 Å².